The van der Waals surface area contributed by atoms with Crippen molar-refractivity contribution in [3.8, 4) is 0 Å². The fraction of sp³-hybridized carbons (Fsp3) is 0.417. The number of nitrogens with two attached hydrogens (primary N) is 1. The Kier molecular flexibility index (Phi) is 2.47. The van der Waals surface area contributed by atoms with E-state index in [-0.39, 0.29) is 16.9 Å². The summed E-state index contributed by atoms with van der Waals surface area (Å²) in [5.41, 5.74) is 6.58. The van der Waals surface area contributed by atoms with Gasteiger partial charge in [0.05, 0.1) is 12.5 Å². The number of hydrogen-bond donors (Lipinski definition) is 1. The minimum Gasteiger partial charge on any atom is -0.465 e. The molecule has 2 aromatic rings. The summed E-state index contributed by atoms with van der Waals surface area (Å²) in [7, 11) is 1.31. The van der Waals surface area contributed by atoms with E-state index in [4.69, 9.17) is 22.1 Å². The number of anilines is 1. The number of nitrogen functional groups attached to an aromatic ring is 1. The maximum Gasteiger partial charge on any atom is 0.341 e. The molecule has 1 aliphatic rings. The van der Waals surface area contributed by atoms with Crippen LogP contribution in [-0.2, 0) is 10.3 Å². The van der Waals surface area contributed by atoms with Gasteiger partial charge in [-0.15, -0.1) is 0 Å². The lowest BCUT2D eigenvalue weighted by atomic mass is 10.2. The molecular weight excluding hydrogens is 268 g/mol. The molecule has 0 atom stereocenters. The van der Waals surface area contributed by atoms with Crippen molar-refractivity contribution in [1.29, 1.82) is 0 Å². The van der Waals surface area contributed by atoms with Gasteiger partial charge in [0.25, 0.3) is 0 Å². The summed E-state index contributed by atoms with van der Waals surface area (Å²) < 4.78 is 6.63. The van der Waals surface area contributed by atoms with Crippen LogP contribution in [0.25, 0.3) is 11.0 Å². The summed E-state index contributed by atoms with van der Waals surface area (Å²) in [6.07, 6.45) is 3.35. The van der Waals surface area contributed by atoms with Crippen LogP contribution in [0, 0.1) is 0 Å². The highest BCUT2D eigenvalue weighted by atomic mass is 35.5. The van der Waals surface area contributed by atoms with Crippen molar-refractivity contribution in [3.05, 3.63) is 17.0 Å². The van der Waals surface area contributed by atoms with Gasteiger partial charge in [-0.25, -0.2) is 14.8 Å². The summed E-state index contributed by atoms with van der Waals surface area (Å²) in [5.74, 6) is -0.296. The fourth-order valence-corrected chi connectivity index (χ4v) is 2.75. The lowest BCUT2D eigenvalue weighted by molar-refractivity contribution is 0.0603. The van der Waals surface area contributed by atoms with Crippen molar-refractivity contribution >= 4 is 34.4 Å². The number of methoxy groups -OCH3 is 1. The van der Waals surface area contributed by atoms with Crippen LogP contribution in [0.3, 0.4) is 0 Å². The first-order valence-corrected chi connectivity index (χ1v) is 6.26. The molecule has 0 aliphatic heterocycles. The minimum absolute atomic E-state index is 0.109. The minimum atomic E-state index is -0.528. The molecular formula is C12H13ClN4O2. The molecule has 2 aromatic heterocycles. The Balaban J connectivity index is 2.42. The molecule has 100 valence electrons. The standard InChI is InChI=1S/C12H13ClN4O2/c1-12(3-4-12)17-8(13)6(11(18)19-2)7-9(14)15-5-16-10(7)17/h5H,3-4H2,1-2H3,(H2,14,15,16). The number of nitrogens with zero attached hydrogens (tertiary/aromatic N) is 3. The quantitative estimate of drug-likeness (QED) is 0.850. The predicted octanol–water partition coefficient (Wildman–Crippen LogP) is 1.96. The average molecular weight is 281 g/mol. The van der Waals surface area contributed by atoms with E-state index < -0.39 is 5.97 Å². The second-order valence-corrected chi connectivity index (χ2v) is 5.31. The average Bonchev–Trinajstić information content (AvgIpc) is 3.02. The maximum absolute atomic E-state index is 11.9. The molecule has 19 heavy (non-hydrogen) atoms. The Morgan fingerprint density at radius 1 is 1.53 bits per heavy atom. The third-order valence-corrected chi connectivity index (χ3v) is 3.98. The second kappa shape index (κ2) is 3.84. The van der Waals surface area contributed by atoms with E-state index in [0.717, 1.165) is 12.8 Å². The Labute approximate surface area is 114 Å². The molecule has 1 saturated carbocycles. The number of carbonyl (C=O) groups is 1. The number of esters is 1. The maximum atomic E-state index is 11.9. The number of hydrogen-bond acceptors (Lipinski definition) is 5. The third-order valence-electron chi connectivity index (χ3n) is 3.62. The first-order chi connectivity index (χ1) is 8.99. The van der Waals surface area contributed by atoms with E-state index in [1.165, 1.54) is 13.4 Å². The molecule has 2 N–H and O–H groups in total. The SMILES string of the molecule is COC(=O)c1c(Cl)n(C2(C)CC2)c2ncnc(N)c12. The van der Waals surface area contributed by atoms with E-state index in [1.54, 1.807) is 0 Å². The number of rotatable bonds is 2. The molecule has 0 aromatic carbocycles. The van der Waals surface area contributed by atoms with Crippen LogP contribution >= 0.6 is 11.6 Å². The molecule has 1 fully saturated rings. The number of aromatic nitrogens is 3. The normalized spacial score (nSPS) is 16.6. The number of ether oxygens (including phenoxy) is 1. The van der Waals surface area contributed by atoms with Crippen molar-refractivity contribution in [1.82, 2.24) is 14.5 Å². The number of fused-ring (bicyclic) bond motifs is 1. The topological polar surface area (TPSA) is 83.0 Å². The summed E-state index contributed by atoms with van der Waals surface area (Å²) >= 11 is 6.36. The molecule has 0 amide bonds. The Bertz CT molecular complexity index is 691. The van der Waals surface area contributed by atoms with E-state index >= 15 is 0 Å². The lowest BCUT2D eigenvalue weighted by Gasteiger charge is -2.13. The number of halogens is 1. The zero-order valence-corrected chi connectivity index (χ0v) is 11.4. The van der Waals surface area contributed by atoms with E-state index in [0.29, 0.717) is 16.2 Å². The van der Waals surface area contributed by atoms with Gasteiger partial charge in [0.1, 0.15) is 28.5 Å². The van der Waals surface area contributed by atoms with Gasteiger partial charge in [-0.05, 0) is 19.8 Å². The largest absolute Gasteiger partial charge is 0.465 e. The van der Waals surface area contributed by atoms with Crippen molar-refractivity contribution in [2.75, 3.05) is 12.8 Å². The van der Waals surface area contributed by atoms with Crippen LogP contribution in [-0.4, -0.2) is 27.6 Å². The molecule has 0 saturated heterocycles. The van der Waals surface area contributed by atoms with Crippen LogP contribution in [0.15, 0.2) is 6.33 Å². The summed E-state index contributed by atoms with van der Waals surface area (Å²) in [4.78, 5) is 20.1. The van der Waals surface area contributed by atoms with E-state index in [2.05, 4.69) is 16.9 Å². The van der Waals surface area contributed by atoms with Gasteiger partial charge < -0.3 is 15.0 Å². The second-order valence-electron chi connectivity index (χ2n) is 4.95. The first kappa shape index (κ1) is 12.2. The van der Waals surface area contributed by atoms with Gasteiger partial charge in [-0.2, -0.15) is 0 Å². The van der Waals surface area contributed by atoms with Gasteiger partial charge in [0.15, 0.2) is 0 Å². The van der Waals surface area contributed by atoms with Crippen LogP contribution in [0.1, 0.15) is 30.1 Å². The van der Waals surface area contributed by atoms with Gasteiger partial charge in [-0.1, -0.05) is 11.6 Å². The van der Waals surface area contributed by atoms with E-state index in [9.17, 15) is 4.79 Å². The fourth-order valence-electron chi connectivity index (χ4n) is 2.29. The van der Waals surface area contributed by atoms with E-state index in [1.807, 2.05) is 4.57 Å². The van der Waals surface area contributed by atoms with Crippen molar-refractivity contribution < 1.29 is 9.53 Å². The third kappa shape index (κ3) is 1.59. The van der Waals surface area contributed by atoms with Crippen LogP contribution in [0.4, 0.5) is 5.82 Å². The smallest absolute Gasteiger partial charge is 0.341 e. The van der Waals surface area contributed by atoms with Gasteiger partial charge >= 0.3 is 5.97 Å². The first-order valence-electron chi connectivity index (χ1n) is 5.89. The van der Waals surface area contributed by atoms with Crippen LogP contribution < -0.4 is 5.73 Å². The zero-order valence-electron chi connectivity index (χ0n) is 10.6. The molecule has 3 rings (SSSR count). The molecule has 0 bridgehead atoms. The Morgan fingerprint density at radius 3 is 2.79 bits per heavy atom. The van der Waals surface area contributed by atoms with Gasteiger partial charge in [0, 0.05) is 5.54 Å². The highest BCUT2D eigenvalue weighted by molar-refractivity contribution is 6.35. The predicted molar refractivity (Wildman–Crippen MR) is 71.2 cm³/mol. The Morgan fingerprint density at radius 2 is 2.21 bits per heavy atom. The summed E-state index contributed by atoms with van der Waals surface area (Å²) in [6.45, 7) is 2.07. The molecule has 6 nitrogen and oxygen atoms in total. The van der Waals surface area contributed by atoms with Crippen LogP contribution in [0.2, 0.25) is 5.15 Å². The highest BCUT2D eigenvalue weighted by Gasteiger charge is 2.43. The number of carbonyl (C=O) groups excluding carboxylic acids is 1. The molecule has 1 aliphatic carbocycles. The highest BCUT2D eigenvalue weighted by Crippen LogP contribution is 2.48. The van der Waals surface area contributed by atoms with Crippen LogP contribution in [0.5, 0.6) is 0 Å². The van der Waals surface area contributed by atoms with Crippen molar-refractivity contribution in [2.24, 2.45) is 0 Å². The lowest BCUT2D eigenvalue weighted by Crippen LogP contribution is -2.13. The summed E-state index contributed by atoms with van der Waals surface area (Å²) in [5, 5.41) is 0.779. The molecule has 7 heteroatoms. The van der Waals surface area contributed by atoms with Gasteiger partial charge in [0.2, 0.25) is 0 Å². The summed E-state index contributed by atoms with van der Waals surface area (Å²) in [6, 6.07) is 0. The molecule has 0 unspecified atom stereocenters. The van der Waals surface area contributed by atoms with Crippen molar-refractivity contribution in [3.63, 3.8) is 0 Å². The monoisotopic (exact) mass is 280 g/mol. The van der Waals surface area contributed by atoms with Gasteiger partial charge in [-0.3, -0.25) is 0 Å². The zero-order chi connectivity index (χ0) is 13.8. The molecule has 0 radical (unpaired) electrons. The molecule has 0 spiro atoms. The Hall–Kier alpha value is -1.82. The molecule has 2 heterocycles. The van der Waals surface area contributed by atoms with Crippen molar-refractivity contribution in [2.45, 2.75) is 25.3 Å².